The van der Waals surface area contributed by atoms with Gasteiger partial charge in [-0.25, -0.2) is 0 Å². The summed E-state index contributed by atoms with van der Waals surface area (Å²) in [5.41, 5.74) is 3.20. The molecule has 0 heterocycles. The fraction of sp³-hybridized carbons (Fsp3) is 0.667. The molecule has 0 amide bonds. The number of fused-ring (bicyclic) bond motifs is 3. The minimum absolute atomic E-state index is 0.726. The smallest absolute Gasteiger partial charge is 0.0477 e. The second-order valence-corrected chi connectivity index (χ2v) is 6.30. The van der Waals surface area contributed by atoms with E-state index in [9.17, 15) is 0 Å². The van der Waals surface area contributed by atoms with Crippen LogP contribution in [0.1, 0.15) is 37.3 Å². The van der Waals surface area contributed by atoms with Crippen molar-refractivity contribution in [2.24, 2.45) is 11.8 Å². The van der Waals surface area contributed by atoms with Crippen LogP contribution in [0, 0.1) is 11.8 Å². The zero-order valence-corrected chi connectivity index (χ0v) is 12.6. The third kappa shape index (κ3) is 3.07. The molecule has 0 radical (unpaired) electrons. The van der Waals surface area contributed by atoms with Gasteiger partial charge in [-0.3, -0.25) is 0 Å². The molecule has 0 saturated heterocycles. The van der Waals surface area contributed by atoms with Crippen molar-refractivity contribution < 1.29 is 4.74 Å². The molecule has 1 saturated carbocycles. The molecule has 20 heavy (non-hydrogen) atoms. The first-order valence-electron chi connectivity index (χ1n) is 8.26. The molecule has 2 bridgehead atoms. The van der Waals surface area contributed by atoms with Gasteiger partial charge in [0.15, 0.2) is 0 Å². The summed E-state index contributed by atoms with van der Waals surface area (Å²) in [5.74, 6) is 1.69. The van der Waals surface area contributed by atoms with Crippen molar-refractivity contribution in [2.45, 2.75) is 45.1 Å². The van der Waals surface area contributed by atoms with Gasteiger partial charge in [0.1, 0.15) is 0 Å². The molecule has 0 spiro atoms. The van der Waals surface area contributed by atoms with Crippen LogP contribution < -0.4 is 5.32 Å². The Balaban J connectivity index is 1.58. The summed E-state index contributed by atoms with van der Waals surface area (Å²) in [6, 6.07) is 9.79. The molecule has 110 valence electrons. The fourth-order valence-electron chi connectivity index (χ4n) is 4.07. The van der Waals surface area contributed by atoms with Crippen LogP contribution in [0.4, 0.5) is 0 Å². The highest BCUT2D eigenvalue weighted by Crippen LogP contribution is 2.39. The summed E-state index contributed by atoms with van der Waals surface area (Å²) in [4.78, 5) is 0. The first kappa shape index (κ1) is 14.1. The Labute approximate surface area is 122 Å². The van der Waals surface area contributed by atoms with Crippen LogP contribution in [-0.4, -0.2) is 25.8 Å². The minimum atomic E-state index is 0.726. The van der Waals surface area contributed by atoms with Crippen LogP contribution in [0.2, 0.25) is 0 Å². The van der Waals surface area contributed by atoms with E-state index in [0.29, 0.717) is 0 Å². The van der Waals surface area contributed by atoms with Crippen LogP contribution in [0.15, 0.2) is 24.3 Å². The molecule has 2 atom stereocenters. The summed E-state index contributed by atoms with van der Waals surface area (Å²) in [7, 11) is 0. The SMILES string of the molecule is CCOCCCNC1C2CCC1Cc1ccccc1C2. The van der Waals surface area contributed by atoms with E-state index in [-0.39, 0.29) is 0 Å². The number of benzene rings is 1. The Hall–Kier alpha value is -0.860. The van der Waals surface area contributed by atoms with Crippen molar-refractivity contribution >= 4 is 0 Å². The van der Waals surface area contributed by atoms with Gasteiger partial charge in [0, 0.05) is 19.3 Å². The van der Waals surface area contributed by atoms with E-state index in [1.165, 1.54) is 25.7 Å². The Morgan fingerprint density at radius 3 is 2.35 bits per heavy atom. The highest BCUT2D eigenvalue weighted by molar-refractivity contribution is 5.30. The fourth-order valence-corrected chi connectivity index (χ4v) is 4.07. The van der Waals surface area contributed by atoms with E-state index in [2.05, 4.69) is 36.5 Å². The lowest BCUT2D eigenvalue weighted by Gasteiger charge is -2.23. The molecular formula is C18H27NO. The molecule has 0 aliphatic heterocycles. The predicted octanol–water partition coefficient (Wildman–Crippen LogP) is 3.20. The quantitative estimate of drug-likeness (QED) is 0.804. The third-order valence-electron chi connectivity index (χ3n) is 5.06. The van der Waals surface area contributed by atoms with E-state index in [4.69, 9.17) is 4.74 Å². The van der Waals surface area contributed by atoms with Crippen LogP contribution in [0.25, 0.3) is 0 Å². The second-order valence-electron chi connectivity index (χ2n) is 6.30. The highest BCUT2D eigenvalue weighted by Gasteiger charge is 2.38. The molecule has 2 unspecified atom stereocenters. The lowest BCUT2D eigenvalue weighted by atomic mass is 9.94. The maximum Gasteiger partial charge on any atom is 0.0477 e. The Kier molecular flexibility index (Phi) is 4.74. The number of rotatable bonds is 6. The van der Waals surface area contributed by atoms with Gasteiger partial charge >= 0.3 is 0 Å². The lowest BCUT2D eigenvalue weighted by molar-refractivity contribution is 0.143. The van der Waals surface area contributed by atoms with Crippen molar-refractivity contribution in [1.82, 2.24) is 5.32 Å². The molecule has 0 aromatic heterocycles. The molecule has 1 aromatic carbocycles. The topological polar surface area (TPSA) is 21.3 Å². The zero-order chi connectivity index (χ0) is 13.8. The normalized spacial score (nSPS) is 28.1. The number of hydrogen-bond acceptors (Lipinski definition) is 2. The number of ether oxygens (including phenoxy) is 1. The van der Waals surface area contributed by atoms with Crippen molar-refractivity contribution in [2.75, 3.05) is 19.8 Å². The average Bonchev–Trinajstić information content (AvgIpc) is 2.74. The molecular weight excluding hydrogens is 246 g/mol. The van der Waals surface area contributed by atoms with Crippen molar-refractivity contribution in [3.05, 3.63) is 35.4 Å². The lowest BCUT2D eigenvalue weighted by Crippen LogP contribution is -2.38. The van der Waals surface area contributed by atoms with Crippen molar-refractivity contribution in [3.8, 4) is 0 Å². The predicted molar refractivity (Wildman–Crippen MR) is 83.0 cm³/mol. The summed E-state index contributed by atoms with van der Waals surface area (Å²) in [6.45, 7) is 4.90. The van der Waals surface area contributed by atoms with E-state index in [0.717, 1.165) is 44.1 Å². The van der Waals surface area contributed by atoms with E-state index >= 15 is 0 Å². The van der Waals surface area contributed by atoms with E-state index in [1.54, 1.807) is 11.1 Å². The molecule has 2 aliphatic rings. The largest absolute Gasteiger partial charge is 0.382 e. The molecule has 2 heteroatoms. The van der Waals surface area contributed by atoms with Gasteiger partial charge in [-0.15, -0.1) is 0 Å². The third-order valence-corrected chi connectivity index (χ3v) is 5.06. The van der Waals surface area contributed by atoms with E-state index < -0.39 is 0 Å². The van der Waals surface area contributed by atoms with Gasteiger partial charge < -0.3 is 10.1 Å². The number of hydrogen-bond donors (Lipinski definition) is 1. The Bertz CT molecular complexity index is 398. The van der Waals surface area contributed by atoms with Crippen LogP contribution in [0.3, 0.4) is 0 Å². The van der Waals surface area contributed by atoms with Gasteiger partial charge in [-0.2, -0.15) is 0 Å². The summed E-state index contributed by atoms with van der Waals surface area (Å²) in [5, 5.41) is 3.84. The molecule has 2 aliphatic carbocycles. The molecule has 2 nitrogen and oxygen atoms in total. The minimum Gasteiger partial charge on any atom is -0.382 e. The number of nitrogens with one attached hydrogen (secondary N) is 1. The van der Waals surface area contributed by atoms with Crippen LogP contribution in [0.5, 0.6) is 0 Å². The summed E-state index contributed by atoms with van der Waals surface area (Å²) < 4.78 is 5.43. The maximum atomic E-state index is 5.43. The first-order valence-corrected chi connectivity index (χ1v) is 8.26. The average molecular weight is 273 g/mol. The highest BCUT2D eigenvalue weighted by atomic mass is 16.5. The molecule has 1 fully saturated rings. The molecule has 3 rings (SSSR count). The Morgan fingerprint density at radius 1 is 1.10 bits per heavy atom. The zero-order valence-electron chi connectivity index (χ0n) is 12.6. The Morgan fingerprint density at radius 2 is 1.75 bits per heavy atom. The summed E-state index contributed by atoms with van der Waals surface area (Å²) in [6.07, 6.45) is 6.49. The monoisotopic (exact) mass is 273 g/mol. The van der Waals surface area contributed by atoms with Gasteiger partial charge in [0.05, 0.1) is 0 Å². The van der Waals surface area contributed by atoms with Gasteiger partial charge in [0.25, 0.3) is 0 Å². The molecule has 1 aromatic rings. The van der Waals surface area contributed by atoms with Gasteiger partial charge in [-0.05, 0) is 68.5 Å². The van der Waals surface area contributed by atoms with E-state index in [1.807, 2.05) is 0 Å². The summed E-state index contributed by atoms with van der Waals surface area (Å²) >= 11 is 0. The molecule has 1 N–H and O–H groups in total. The first-order chi connectivity index (χ1) is 9.88. The van der Waals surface area contributed by atoms with Crippen molar-refractivity contribution in [1.29, 1.82) is 0 Å². The van der Waals surface area contributed by atoms with Crippen LogP contribution >= 0.6 is 0 Å². The van der Waals surface area contributed by atoms with Crippen LogP contribution in [-0.2, 0) is 17.6 Å². The van der Waals surface area contributed by atoms with Gasteiger partial charge in [-0.1, -0.05) is 24.3 Å². The van der Waals surface area contributed by atoms with Crippen molar-refractivity contribution in [3.63, 3.8) is 0 Å². The second kappa shape index (κ2) is 6.73. The van der Waals surface area contributed by atoms with Gasteiger partial charge in [0.2, 0.25) is 0 Å². The standard InChI is InChI=1S/C18H27NO/c1-2-20-11-5-10-19-18-16-8-9-17(18)13-15-7-4-3-6-14(15)12-16/h3-4,6-7,16-19H,2,5,8-13H2,1H3. The maximum absolute atomic E-state index is 5.43.